The van der Waals surface area contributed by atoms with Crippen molar-refractivity contribution in [2.75, 3.05) is 26.4 Å². The van der Waals surface area contributed by atoms with Crippen LogP contribution in [0.3, 0.4) is 0 Å². The summed E-state index contributed by atoms with van der Waals surface area (Å²) in [5.74, 6) is 4.54. The van der Waals surface area contributed by atoms with Gasteiger partial charge in [-0.15, -0.1) is 22.7 Å². The van der Waals surface area contributed by atoms with Crippen molar-refractivity contribution in [3.05, 3.63) is 324 Å². The Morgan fingerprint density at radius 1 is 0.375 bits per heavy atom. The highest BCUT2D eigenvalue weighted by molar-refractivity contribution is 7.10. The maximum absolute atomic E-state index is 13.6. The number of rotatable bonds is 20. The van der Waals surface area contributed by atoms with Gasteiger partial charge in [0.1, 0.15) is 23.3 Å². The molecule has 12 aromatic rings. The molecule has 0 saturated heterocycles. The molecule has 8 heterocycles. The minimum atomic E-state index is -0.326. The van der Waals surface area contributed by atoms with Gasteiger partial charge in [0, 0.05) is 110 Å². The molecule has 0 spiro atoms. The third-order valence-corrected chi connectivity index (χ3v) is 31.2. The number of nitrogens with zero attached hydrogens (tertiary/aromatic N) is 5. The number of carbonyl (C=O) groups excluding carboxylic acids is 4. The van der Waals surface area contributed by atoms with E-state index in [1.54, 1.807) is 66.7 Å². The average Bonchev–Trinajstić information content (AvgIpc) is 1.55. The van der Waals surface area contributed by atoms with Crippen LogP contribution in [0.1, 0.15) is 195 Å². The van der Waals surface area contributed by atoms with Crippen molar-refractivity contribution in [2.24, 2.45) is 47.3 Å². The predicted molar refractivity (Wildman–Crippen MR) is 531 cm³/mol. The summed E-state index contributed by atoms with van der Waals surface area (Å²) in [6, 6.07) is 47.4. The van der Waals surface area contributed by atoms with E-state index < -0.39 is 0 Å². The molecule has 4 saturated carbocycles. The highest BCUT2D eigenvalue weighted by Crippen LogP contribution is 2.54. The Balaban J connectivity index is 0.000000126. The number of thiophene rings is 3. The van der Waals surface area contributed by atoms with E-state index in [2.05, 4.69) is 133 Å². The van der Waals surface area contributed by atoms with Crippen molar-refractivity contribution < 1.29 is 55.7 Å². The van der Waals surface area contributed by atoms with Crippen LogP contribution in [0.5, 0.6) is 0 Å². The lowest BCUT2D eigenvalue weighted by molar-refractivity contribution is 0.128. The molecule has 20 rings (SSSR count). The maximum Gasteiger partial charge on any atom is 0.407 e. The normalized spacial score (nSPS) is 23.8. The fraction of sp³-hybridized carbons (Fsp3) is 0.360. The minimum Gasteiger partial charge on any atom is -0.450 e. The first-order valence-electron chi connectivity index (χ1n) is 48.0. The zero-order chi connectivity index (χ0) is 94.0. The molecular weight excluding hydrogens is 1770 g/mol. The Labute approximate surface area is 804 Å². The van der Waals surface area contributed by atoms with Crippen LogP contribution in [-0.2, 0) is 44.6 Å². The molecule has 16 atom stereocenters. The molecule has 0 radical (unpaired) electrons. The zero-order valence-corrected chi connectivity index (χ0v) is 79.4. The van der Waals surface area contributed by atoms with Crippen LogP contribution in [0.25, 0.3) is 68.8 Å². The lowest BCUT2D eigenvalue weighted by Gasteiger charge is -2.43. The van der Waals surface area contributed by atoms with Gasteiger partial charge in [-0.3, -0.25) is 19.9 Å². The van der Waals surface area contributed by atoms with Crippen LogP contribution >= 0.6 is 34.0 Å². The number of pyridine rings is 4. The third-order valence-electron chi connectivity index (χ3n) is 28.4. The fourth-order valence-corrected chi connectivity index (χ4v) is 25.2. The smallest absolute Gasteiger partial charge is 0.407 e. The molecule has 4 amide bonds. The largest absolute Gasteiger partial charge is 0.450 e. The number of imidazole rings is 1. The summed E-state index contributed by atoms with van der Waals surface area (Å²) < 4.78 is 74.5. The summed E-state index contributed by atoms with van der Waals surface area (Å²) >= 11 is 5.46. The lowest BCUT2D eigenvalue weighted by Crippen LogP contribution is -2.44. The van der Waals surface area contributed by atoms with Crippen LogP contribution in [0.4, 0.5) is 36.7 Å². The highest BCUT2D eigenvalue weighted by atomic mass is 32.1. The number of aromatic nitrogens is 6. The van der Waals surface area contributed by atoms with Crippen LogP contribution in [0, 0.1) is 70.6 Å². The molecule has 704 valence electrons. The molecule has 8 aliphatic carbocycles. The summed E-state index contributed by atoms with van der Waals surface area (Å²) in [4.78, 5) is 76.9. The van der Waals surface area contributed by atoms with E-state index in [9.17, 15) is 36.7 Å². The van der Waals surface area contributed by atoms with E-state index in [1.165, 1.54) is 86.2 Å². The number of hydrogen-bond donors (Lipinski definition) is 5. The number of H-pyrrole nitrogens is 1. The number of aromatic amines is 1. The minimum absolute atomic E-state index is 0.145. The van der Waals surface area contributed by atoms with Crippen LogP contribution in [0.15, 0.2) is 235 Å². The first-order chi connectivity index (χ1) is 66.4. The van der Waals surface area contributed by atoms with E-state index in [0.29, 0.717) is 91.5 Å². The molecule has 18 nitrogen and oxygen atoms in total. The second-order valence-corrected chi connectivity index (χ2v) is 39.4. The summed E-state index contributed by atoms with van der Waals surface area (Å²) in [5.41, 5.74) is 18.5. The van der Waals surface area contributed by atoms with Gasteiger partial charge in [0.15, 0.2) is 0 Å². The van der Waals surface area contributed by atoms with Crippen molar-refractivity contribution in [2.45, 2.75) is 178 Å². The van der Waals surface area contributed by atoms with Crippen molar-refractivity contribution in [1.82, 2.24) is 51.2 Å². The summed E-state index contributed by atoms with van der Waals surface area (Å²) in [6.45, 7) is 8.88. The number of ether oxygens (including phenoxy) is 4. The Morgan fingerprint density at radius 2 is 0.735 bits per heavy atom. The number of amides is 4. The van der Waals surface area contributed by atoms with Gasteiger partial charge < -0.3 is 45.2 Å². The molecular formula is C111H116F4N10O8S3. The Bertz CT molecular complexity index is 5440. The number of fused-ring (bicyclic) bond motifs is 8. The van der Waals surface area contributed by atoms with Gasteiger partial charge >= 0.3 is 24.4 Å². The van der Waals surface area contributed by atoms with Crippen molar-refractivity contribution in [3.8, 4) is 44.5 Å². The van der Waals surface area contributed by atoms with Gasteiger partial charge in [-0.2, -0.15) is 11.3 Å². The number of halogens is 4. The number of allylic oxidation sites excluding steroid dienone is 4. The first-order valence-corrected chi connectivity index (χ1v) is 50.7. The number of carbonyl (C=O) groups is 4. The topological polar surface area (TPSA) is 234 Å². The number of hydrogen-bond acceptors (Lipinski definition) is 16. The third kappa shape index (κ3) is 24.0. The fourth-order valence-electron chi connectivity index (χ4n) is 22.1. The Morgan fingerprint density at radius 3 is 1.13 bits per heavy atom. The zero-order valence-electron chi connectivity index (χ0n) is 76.9. The van der Waals surface area contributed by atoms with E-state index in [4.69, 9.17) is 18.9 Å². The maximum atomic E-state index is 13.6. The molecule has 4 aromatic carbocycles. The van der Waals surface area contributed by atoms with Crippen LogP contribution < -0.4 is 21.3 Å². The molecule has 0 aliphatic heterocycles. The number of alkyl carbamates (subject to hydrolysis) is 4. The van der Waals surface area contributed by atoms with Gasteiger partial charge in [-0.1, -0.05) is 97.1 Å². The van der Waals surface area contributed by atoms with Gasteiger partial charge in [-0.05, 0) is 353 Å². The molecule has 4 fully saturated rings. The van der Waals surface area contributed by atoms with Crippen LogP contribution in [0.2, 0.25) is 0 Å². The summed E-state index contributed by atoms with van der Waals surface area (Å²) in [6.07, 6.45) is 41.6. The van der Waals surface area contributed by atoms with E-state index in [1.807, 2.05) is 123 Å². The predicted octanol–water partition coefficient (Wildman–Crippen LogP) is 26.0. The average molecular weight is 1890 g/mol. The van der Waals surface area contributed by atoms with Gasteiger partial charge in [0.05, 0.1) is 61.2 Å². The van der Waals surface area contributed by atoms with Crippen molar-refractivity contribution in [3.63, 3.8) is 0 Å². The molecule has 136 heavy (non-hydrogen) atoms. The molecule has 5 N–H and O–H groups in total. The Kier molecular flexibility index (Phi) is 31.9. The van der Waals surface area contributed by atoms with Gasteiger partial charge in [-0.25, -0.2) is 41.7 Å². The second kappa shape index (κ2) is 45.5. The molecule has 8 aromatic heterocycles. The summed E-state index contributed by atoms with van der Waals surface area (Å²) in [5, 5.41) is 21.2. The van der Waals surface area contributed by atoms with Crippen LogP contribution in [-0.4, -0.2) is 105 Å². The van der Waals surface area contributed by atoms with Crippen molar-refractivity contribution >= 4 is 82.7 Å². The molecule has 8 aliphatic rings. The quantitative estimate of drug-likeness (QED) is 0.0353. The van der Waals surface area contributed by atoms with E-state index in [0.717, 1.165) is 176 Å². The number of benzene rings is 4. The highest BCUT2D eigenvalue weighted by Gasteiger charge is 2.46. The SMILES string of the molecule is CCOC(=O)N[C@@H]1CC[C@@H]2[C@H](Cc3[nH]cnc3[C@H]2/C=C/c2ccc(-c3cccc(F)c3)cn2)C1.CCOC(=O)N[C@@H]1CC[C@@H]2[C@H](Cc3ccsc3[C@H]2/C=C/c2ccc(-c3cccc(F)c3)cn2)C1.CCOC(=O)N[C@@H]1CC[C@@H]2[C@H](Cc3cscc3[C@H]2/C=C/c2ccc(-c3cccc(F)c3)cn2)C1.CCOC(=O)N[C@@H]1CC[C@@H]2[C@H](Cc3sccc3[C@H]2/C=C/c2ccc(-c3cccc(F)c3)cn2)C1. The molecule has 25 heteroatoms. The second-order valence-electron chi connectivity index (χ2n) is 36.7. The monoisotopic (exact) mass is 1890 g/mol. The summed E-state index contributed by atoms with van der Waals surface area (Å²) in [7, 11) is 0. The van der Waals surface area contributed by atoms with Crippen molar-refractivity contribution in [1.29, 1.82) is 0 Å². The van der Waals surface area contributed by atoms with Gasteiger partial charge in [0.2, 0.25) is 0 Å². The van der Waals surface area contributed by atoms with E-state index >= 15 is 0 Å². The molecule has 0 unspecified atom stereocenters. The lowest BCUT2D eigenvalue weighted by atomic mass is 9.63. The van der Waals surface area contributed by atoms with E-state index in [-0.39, 0.29) is 77.7 Å². The molecule has 0 bridgehead atoms. The van der Waals surface area contributed by atoms with Gasteiger partial charge in [0.25, 0.3) is 0 Å². The Hall–Kier alpha value is -12.5. The standard InChI is InChI=1S/3C28H29FN2O2S.C27H29FN4O2/c1-2-33-28(32)31-24-9-10-25-20(14-24)12-21-16-34-17-27(21)26(25)11-8-23-7-6-19(15-30-23)18-4-3-5-22(29)13-18;1-2-33-28(32)31-24-9-10-25-21(16-24)14-19-12-13-34-27(19)26(25)11-8-23-7-6-20(17-30-23)18-4-3-5-22(29)15-18;1-2-33-28(32)31-23-9-10-24-20(15-23)16-27-26(12-13-34-27)25(24)11-8-22-7-6-19(17-30-22)18-4-3-5-21(29)14-18;1-2-34-27(33)32-22-9-10-23-19(13-22)14-25-26(31-16-30-25)24(23)11-8-21-7-6-18(15-29-21)17-4-3-5-20(28)12-17/h3-8,11,13,15-17,20,24-26H,2,9-10,12,14H2,1H3,(H,31,32);3-8,11-13,15,17,21,24-26H,2,9-10,14,16H2,1H3,(H,31,32);3-8,11-14,17,20,23-25H,2,9-10,15-16H2,1H3,(H,31,32);3-8,11-12,15-16,19,22-24H,2,9-10,13-14H2,1H3,(H,30,31)(H,32,33)/b4*11-8+/t20-,24-,25-,26+;21-,24-,25-,26+;20-,23+,24+,25-;19-,22+,23+,24-/m1100/s1. The number of nitrogens with one attached hydrogen (secondary N) is 5. The first kappa shape index (κ1) is 95.3.